The molecule has 19 heavy (non-hydrogen) atoms. The van der Waals surface area contributed by atoms with Gasteiger partial charge in [-0.05, 0) is 17.0 Å². The van der Waals surface area contributed by atoms with Crippen LogP contribution in [-0.4, -0.2) is 17.8 Å². The van der Waals surface area contributed by atoms with Crippen LogP contribution < -0.4 is 4.74 Å². The standard InChI is InChI=1S/C13H11ClF3NO/c14-7-9-8-18-12(19-6-5-13(15,16)17)11-4-2-1-3-10(9)11/h1-4,8H,5-7H2. The van der Waals surface area contributed by atoms with Gasteiger partial charge in [0.15, 0.2) is 0 Å². The summed E-state index contributed by atoms with van der Waals surface area (Å²) in [7, 11) is 0. The molecule has 0 atom stereocenters. The number of alkyl halides is 4. The molecule has 0 aliphatic heterocycles. The third-order valence-corrected chi connectivity index (χ3v) is 2.90. The number of aromatic nitrogens is 1. The highest BCUT2D eigenvalue weighted by Gasteiger charge is 2.27. The van der Waals surface area contributed by atoms with Gasteiger partial charge in [0.25, 0.3) is 0 Å². The SMILES string of the molecule is FC(F)(F)CCOc1ncc(CCl)c2ccccc12. The van der Waals surface area contributed by atoms with Crippen LogP contribution in [0.5, 0.6) is 5.88 Å². The Morgan fingerprint density at radius 2 is 1.84 bits per heavy atom. The number of hydrogen-bond donors (Lipinski definition) is 0. The summed E-state index contributed by atoms with van der Waals surface area (Å²) in [6.45, 7) is -0.444. The van der Waals surface area contributed by atoms with Crippen LogP contribution in [-0.2, 0) is 5.88 Å². The highest BCUT2D eigenvalue weighted by Crippen LogP contribution is 2.28. The van der Waals surface area contributed by atoms with E-state index in [4.69, 9.17) is 16.3 Å². The van der Waals surface area contributed by atoms with Crippen LogP contribution in [0.25, 0.3) is 10.8 Å². The Morgan fingerprint density at radius 3 is 2.47 bits per heavy atom. The summed E-state index contributed by atoms with van der Waals surface area (Å²) in [5.41, 5.74) is 0.820. The van der Waals surface area contributed by atoms with Crippen molar-refractivity contribution < 1.29 is 17.9 Å². The normalized spacial score (nSPS) is 11.8. The minimum atomic E-state index is -4.23. The maximum absolute atomic E-state index is 12.1. The molecule has 102 valence electrons. The second kappa shape index (κ2) is 5.65. The highest BCUT2D eigenvalue weighted by molar-refractivity contribution is 6.18. The van der Waals surface area contributed by atoms with E-state index in [0.29, 0.717) is 5.39 Å². The molecule has 2 rings (SSSR count). The van der Waals surface area contributed by atoms with Crippen molar-refractivity contribution in [2.75, 3.05) is 6.61 Å². The van der Waals surface area contributed by atoms with Crippen LogP contribution >= 0.6 is 11.6 Å². The fraction of sp³-hybridized carbons (Fsp3) is 0.308. The summed E-state index contributed by atoms with van der Waals surface area (Å²) in [6.07, 6.45) is -3.70. The number of pyridine rings is 1. The molecule has 0 radical (unpaired) electrons. The van der Waals surface area contributed by atoms with Crippen molar-refractivity contribution in [3.8, 4) is 5.88 Å². The van der Waals surface area contributed by atoms with Gasteiger partial charge < -0.3 is 4.74 Å². The Kier molecular flexibility index (Phi) is 4.14. The quantitative estimate of drug-likeness (QED) is 0.783. The third kappa shape index (κ3) is 3.50. The van der Waals surface area contributed by atoms with E-state index in [2.05, 4.69) is 4.98 Å². The van der Waals surface area contributed by atoms with Gasteiger partial charge in [0, 0.05) is 17.5 Å². The van der Waals surface area contributed by atoms with Crippen molar-refractivity contribution >= 4 is 22.4 Å². The fourth-order valence-corrected chi connectivity index (χ4v) is 1.92. The van der Waals surface area contributed by atoms with Gasteiger partial charge in [0.1, 0.15) is 0 Å². The van der Waals surface area contributed by atoms with Gasteiger partial charge in [-0.1, -0.05) is 18.2 Å². The lowest BCUT2D eigenvalue weighted by Gasteiger charge is -2.11. The van der Waals surface area contributed by atoms with Gasteiger partial charge in [-0.15, -0.1) is 11.6 Å². The lowest BCUT2D eigenvalue weighted by Crippen LogP contribution is -2.13. The molecule has 0 bridgehead atoms. The first-order valence-corrected chi connectivity index (χ1v) is 6.17. The van der Waals surface area contributed by atoms with E-state index in [9.17, 15) is 13.2 Å². The van der Waals surface area contributed by atoms with E-state index >= 15 is 0 Å². The minimum Gasteiger partial charge on any atom is -0.477 e. The average Bonchev–Trinajstić information content (AvgIpc) is 2.37. The molecular weight excluding hydrogens is 279 g/mol. The van der Waals surface area contributed by atoms with Gasteiger partial charge in [0.2, 0.25) is 5.88 Å². The van der Waals surface area contributed by atoms with Crippen LogP contribution in [0.3, 0.4) is 0 Å². The molecule has 1 heterocycles. The molecule has 0 unspecified atom stereocenters. The van der Waals surface area contributed by atoms with E-state index < -0.39 is 19.2 Å². The number of ether oxygens (including phenoxy) is 1. The predicted molar refractivity (Wildman–Crippen MR) is 67.5 cm³/mol. The largest absolute Gasteiger partial charge is 0.477 e. The number of nitrogens with zero attached hydrogens (tertiary/aromatic N) is 1. The van der Waals surface area contributed by atoms with Gasteiger partial charge in [-0.3, -0.25) is 0 Å². The van der Waals surface area contributed by atoms with E-state index in [1.807, 2.05) is 12.1 Å². The molecule has 0 amide bonds. The zero-order valence-corrected chi connectivity index (χ0v) is 10.6. The Labute approximate surface area is 113 Å². The zero-order valence-electron chi connectivity index (χ0n) is 9.88. The van der Waals surface area contributed by atoms with E-state index in [1.54, 1.807) is 12.1 Å². The summed E-state index contributed by atoms with van der Waals surface area (Å²) < 4.78 is 41.3. The smallest absolute Gasteiger partial charge is 0.392 e. The molecular formula is C13H11ClF3NO. The Morgan fingerprint density at radius 1 is 1.16 bits per heavy atom. The average molecular weight is 290 g/mol. The van der Waals surface area contributed by atoms with Gasteiger partial charge in [0.05, 0.1) is 13.0 Å². The number of fused-ring (bicyclic) bond motifs is 1. The summed E-state index contributed by atoms with van der Waals surface area (Å²) in [6, 6.07) is 7.20. The molecule has 0 fully saturated rings. The van der Waals surface area contributed by atoms with Crippen molar-refractivity contribution in [2.24, 2.45) is 0 Å². The monoisotopic (exact) mass is 289 g/mol. The molecule has 0 aliphatic rings. The lowest BCUT2D eigenvalue weighted by molar-refractivity contribution is -0.139. The molecule has 0 aliphatic carbocycles. The van der Waals surface area contributed by atoms with Crippen molar-refractivity contribution in [1.29, 1.82) is 0 Å². The zero-order chi connectivity index (χ0) is 13.9. The van der Waals surface area contributed by atoms with E-state index in [0.717, 1.165) is 10.9 Å². The van der Waals surface area contributed by atoms with Gasteiger partial charge >= 0.3 is 6.18 Å². The summed E-state index contributed by atoms with van der Waals surface area (Å²) in [5.74, 6) is 0.491. The lowest BCUT2D eigenvalue weighted by atomic mass is 10.1. The van der Waals surface area contributed by atoms with Crippen molar-refractivity contribution in [3.05, 3.63) is 36.0 Å². The number of halogens is 4. The summed E-state index contributed by atoms with van der Waals surface area (Å²) in [5, 5.41) is 1.51. The molecule has 0 saturated carbocycles. The minimum absolute atomic E-state index is 0.203. The van der Waals surface area contributed by atoms with Crippen molar-refractivity contribution in [2.45, 2.75) is 18.5 Å². The van der Waals surface area contributed by atoms with Crippen LogP contribution in [0.4, 0.5) is 13.2 Å². The second-order valence-electron chi connectivity index (χ2n) is 3.98. The van der Waals surface area contributed by atoms with Crippen LogP contribution in [0.2, 0.25) is 0 Å². The molecule has 6 heteroatoms. The highest BCUT2D eigenvalue weighted by atomic mass is 35.5. The molecule has 0 N–H and O–H groups in total. The third-order valence-electron chi connectivity index (χ3n) is 2.61. The van der Waals surface area contributed by atoms with Crippen molar-refractivity contribution in [1.82, 2.24) is 4.98 Å². The molecule has 2 nitrogen and oxygen atoms in total. The fourth-order valence-electron chi connectivity index (χ4n) is 1.71. The summed E-state index contributed by atoms with van der Waals surface area (Å²) >= 11 is 5.79. The Hall–Kier alpha value is -1.49. The van der Waals surface area contributed by atoms with E-state index in [1.165, 1.54) is 6.20 Å². The Bertz CT molecular complexity index is 571. The van der Waals surface area contributed by atoms with Gasteiger partial charge in [-0.25, -0.2) is 4.98 Å². The van der Waals surface area contributed by atoms with Crippen LogP contribution in [0.15, 0.2) is 30.5 Å². The number of hydrogen-bond acceptors (Lipinski definition) is 2. The van der Waals surface area contributed by atoms with E-state index in [-0.39, 0.29) is 11.8 Å². The number of benzene rings is 1. The Balaban J connectivity index is 2.24. The maximum atomic E-state index is 12.1. The molecule has 1 aromatic heterocycles. The summed E-state index contributed by atoms with van der Waals surface area (Å²) in [4.78, 5) is 4.02. The van der Waals surface area contributed by atoms with Crippen LogP contribution in [0, 0.1) is 0 Å². The second-order valence-corrected chi connectivity index (χ2v) is 4.25. The van der Waals surface area contributed by atoms with Gasteiger partial charge in [-0.2, -0.15) is 13.2 Å². The molecule has 1 aromatic carbocycles. The first-order valence-electron chi connectivity index (χ1n) is 5.63. The first-order chi connectivity index (χ1) is 9.01. The topological polar surface area (TPSA) is 22.1 Å². The van der Waals surface area contributed by atoms with Crippen LogP contribution in [0.1, 0.15) is 12.0 Å². The van der Waals surface area contributed by atoms with Crippen molar-refractivity contribution in [3.63, 3.8) is 0 Å². The molecule has 0 spiro atoms. The molecule has 2 aromatic rings. The maximum Gasteiger partial charge on any atom is 0.392 e. The number of rotatable bonds is 4. The first kappa shape index (κ1) is 13.9. The molecule has 0 saturated heterocycles. The predicted octanol–water partition coefficient (Wildman–Crippen LogP) is 4.30.